The van der Waals surface area contributed by atoms with Crippen LogP contribution in [-0.2, 0) is 17.8 Å². The number of allylic oxidation sites excluding steroid dienone is 2. The van der Waals surface area contributed by atoms with Crippen molar-refractivity contribution in [2.24, 2.45) is 11.8 Å². The van der Waals surface area contributed by atoms with Crippen LogP contribution in [0, 0.1) is 11.8 Å². The molecule has 3 aliphatic carbocycles. The Morgan fingerprint density at radius 1 is 0.638 bits per heavy atom. The fourth-order valence-electron chi connectivity index (χ4n) is 11.7. The van der Waals surface area contributed by atoms with Crippen molar-refractivity contribution in [3.8, 4) is 0 Å². The van der Waals surface area contributed by atoms with Gasteiger partial charge < -0.3 is 24.1 Å². The zero-order valence-electron chi connectivity index (χ0n) is 39.6. The summed E-state index contributed by atoms with van der Waals surface area (Å²) in [6.45, 7) is 5.50. The number of amides is 1. The minimum absolute atomic E-state index is 0.0943. The number of hydrogen-bond acceptors (Lipinski definition) is 7. The molecule has 6 heterocycles. The van der Waals surface area contributed by atoms with Crippen LogP contribution in [0.15, 0.2) is 110 Å². The Kier molecular flexibility index (Phi) is 15.4. The highest BCUT2D eigenvalue weighted by Gasteiger charge is 2.37. The molecule has 2 aliphatic heterocycles. The highest BCUT2D eigenvalue weighted by molar-refractivity contribution is 6.31. The lowest BCUT2D eigenvalue weighted by Gasteiger charge is -2.37. The van der Waals surface area contributed by atoms with Gasteiger partial charge in [-0.1, -0.05) is 66.0 Å². The van der Waals surface area contributed by atoms with Gasteiger partial charge >= 0.3 is 6.09 Å². The summed E-state index contributed by atoms with van der Waals surface area (Å²) in [6, 6.07) is 21.3. The lowest BCUT2D eigenvalue weighted by molar-refractivity contribution is 0.0372. The molecule has 0 spiro atoms. The number of aromatic nitrogens is 6. The highest BCUT2D eigenvalue weighted by Crippen LogP contribution is 2.47. The Balaban J connectivity index is 0.000000166. The van der Waals surface area contributed by atoms with Crippen molar-refractivity contribution >= 4 is 52.6 Å². The first-order valence-corrected chi connectivity index (χ1v) is 26.2. The predicted molar refractivity (Wildman–Crippen MR) is 277 cm³/mol. The molecule has 4 aromatic heterocycles. The number of piperidine rings is 2. The van der Waals surface area contributed by atoms with E-state index in [0.717, 1.165) is 119 Å². The third kappa shape index (κ3) is 11.2. The summed E-state index contributed by atoms with van der Waals surface area (Å²) in [5.74, 6) is 1.46. The number of rotatable bonds is 11. The van der Waals surface area contributed by atoms with Gasteiger partial charge in [0.1, 0.15) is 6.10 Å². The number of hydrogen-bond donors (Lipinski definition) is 1. The summed E-state index contributed by atoms with van der Waals surface area (Å²) in [6.07, 6.45) is 33.8. The second-order valence-electron chi connectivity index (χ2n) is 19.6. The van der Waals surface area contributed by atoms with Gasteiger partial charge in [0.15, 0.2) is 0 Å². The SMILES string of the molecule is Clc1ccc2c(c1)C=C(CCCn1ccnc1)c1cccnc1C2C1CCNCC1.O=C(OC1CCCCC1)N1CCC(C2c3ccc(Cl)cc3C=C(CCCn3ccnc3)c3cccnc32)CC1. The smallest absolute Gasteiger partial charge is 0.410 e. The first kappa shape index (κ1) is 47.1. The van der Waals surface area contributed by atoms with E-state index in [2.05, 4.69) is 79.0 Å². The maximum atomic E-state index is 12.9. The highest BCUT2D eigenvalue weighted by atomic mass is 35.5. The minimum atomic E-state index is -0.131. The summed E-state index contributed by atoms with van der Waals surface area (Å²) in [4.78, 5) is 33.1. The molecule has 10 nitrogen and oxygen atoms in total. The number of aryl methyl sites for hydroxylation is 2. The molecule has 12 heteroatoms. The Hall–Kier alpha value is -5.55. The van der Waals surface area contributed by atoms with E-state index in [1.165, 1.54) is 69.5 Å². The van der Waals surface area contributed by atoms with Gasteiger partial charge in [-0.25, -0.2) is 14.8 Å². The number of likely N-dealkylation sites (tertiary alicyclic amines) is 1. The largest absolute Gasteiger partial charge is 0.446 e. The molecule has 358 valence electrons. The number of carbonyl (C=O) groups excluding carboxylic acids is 1. The van der Waals surface area contributed by atoms with E-state index in [1.807, 2.05) is 72.9 Å². The number of ether oxygens (including phenoxy) is 1. The average molecular weight is 964 g/mol. The number of carbonyl (C=O) groups is 1. The van der Waals surface area contributed by atoms with Crippen molar-refractivity contribution in [1.29, 1.82) is 0 Å². The monoisotopic (exact) mass is 962 g/mol. The van der Waals surface area contributed by atoms with Crippen LogP contribution in [0.5, 0.6) is 0 Å². The predicted octanol–water partition coefficient (Wildman–Crippen LogP) is 13.0. The number of pyridine rings is 2. The first-order chi connectivity index (χ1) is 33.9. The van der Waals surface area contributed by atoms with Crippen LogP contribution in [0.3, 0.4) is 0 Å². The molecular formula is C57H64Cl2N8O2. The summed E-state index contributed by atoms with van der Waals surface area (Å²) in [5, 5.41) is 5.06. The van der Waals surface area contributed by atoms with Gasteiger partial charge in [0.2, 0.25) is 0 Å². The van der Waals surface area contributed by atoms with Gasteiger partial charge in [-0.15, -0.1) is 0 Å². The van der Waals surface area contributed by atoms with Gasteiger partial charge in [-0.2, -0.15) is 0 Å². The topological polar surface area (TPSA) is 103 Å². The average Bonchev–Trinajstić information content (AvgIpc) is 4.07. The fraction of sp³-hybridized carbons (Fsp3) is 0.421. The van der Waals surface area contributed by atoms with E-state index in [9.17, 15) is 4.79 Å². The number of fused-ring (bicyclic) bond motifs is 4. The van der Waals surface area contributed by atoms with Crippen LogP contribution in [0.25, 0.3) is 23.3 Å². The molecule has 1 saturated carbocycles. The zero-order chi connectivity index (χ0) is 46.9. The summed E-state index contributed by atoms with van der Waals surface area (Å²) in [7, 11) is 0. The Bertz CT molecular complexity index is 2710. The number of halogens is 2. The van der Waals surface area contributed by atoms with E-state index < -0.39 is 0 Å². The quantitative estimate of drug-likeness (QED) is 0.138. The minimum Gasteiger partial charge on any atom is -0.446 e. The Labute approximate surface area is 417 Å². The van der Waals surface area contributed by atoms with Crippen molar-refractivity contribution in [3.63, 3.8) is 0 Å². The lowest BCUT2D eigenvalue weighted by atomic mass is 9.76. The lowest BCUT2D eigenvalue weighted by Crippen LogP contribution is -2.41. The third-order valence-corrected chi connectivity index (χ3v) is 15.6. The van der Waals surface area contributed by atoms with Gasteiger partial charge in [-0.05, 0) is 183 Å². The molecule has 0 radical (unpaired) electrons. The van der Waals surface area contributed by atoms with Crippen LogP contribution in [-0.4, -0.2) is 72.3 Å². The molecule has 5 aliphatic rings. The van der Waals surface area contributed by atoms with Crippen molar-refractivity contribution < 1.29 is 9.53 Å². The van der Waals surface area contributed by atoms with E-state index >= 15 is 0 Å². The van der Waals surface area contributed by atoms with Crippen LogP contribution in [0.4, 0.5) is 4.79 Å². The molecule has 0 bridgehead atoms. The molecule has 2 atom stereocenters. The maximum Gasteiger partial charge on any atom is 0.410 e. The second kappa shape index (κ2) is 22.5. The molecule has 6 aromatic rings. The first-order valence-electron chi connectivity index (χ1n) is 25.4. The van der Waals surface area contributed by atoms with Crippen molar-refractivity contribution in [1.82, 2.24) is 39.3 Å². The van der Waals surface area contributed by atoms with Crippen molar-refractivity contribution in [2.75, 3.05) is 26.2 Å². The molecule has 2 saturated heterocycles. The Morgan fingerprint density at radius 3 is 1.67 bits per heavy atom. The number of nitrogens with zero attached hydrogens (tertiary/aromatic N) is 7. The Morgan fingerprint density at radius 2 is 1.16 bits per heavy atom. The molecule has 69 heavy (non-hydrogen) atoms. The molecule has 2 unspecified atom stereocenters. The molecule has 1 N–H and O–H groups in total. The van der Waals surface area contributed by atoms with E-state index in [-0.39, 0.29) is 18.1 Å². The summed E-state index contributed by atoms with van der Waals surface area (Å²) in [5.41, 5.74) is 12.7. The molecule has 1 amide bonds. The second-order valence-corrected chi connectivity index (χ2v) is 20.5. The molecule has 11 rings (SSSR count). The maximum absolute atomic E-state index is 12.9. The number of nitrogens with one attached hydrogen (secondary N) is 1. The van der Waals surface area contributed by atoms with Crippen LogP contribution >= 0.6 is 23.2 Å². The van der Waals surface area contributed by atoms with E-state index in [4.69, 9.17) is 37.9 Å². The number of imidazole rings is 2. The van der Waals surface area contributed by atoms with Crippen LogP contribution < -0.4 is 5.32 Å². The molecule has 3 fully saturated rings. The van der Waals surface area contributed by atoms with E-state index in [1.54, 1.807) is 0 Å². The number of benzene rings is 2. The summed E-state index contributed by atoms with van der Waals surface area (Å²) >= 11 is 12.9. The molecule has 2 aromatic carbocycles. The zero-order valence-corrected chi connectivity index (χ0v) is 41.1. The standard InChI is InChI=1S/C32H37ClN4O2.C25H27ClN4/c33-26-10-11-28-25(21-26)20-24(6-5-16-36-19-15-34-22-36)29-9-4-14-35-31(29)30(28)23-12-17-37(18-13-23)32(38)39-27-7-2-1-3-8-27;26-21-5-6-22-20(16-21)15-19(3-2-13-30-14-12-28-17-30)23-4-1-9-29-25(23)24(22)18-7-10-27-11-8-18/h4,9-11,14-15,19-23,27,30H,1-3,5-8,12-13,16-18H2;1,4-6,9,12,14-18,24,27H,2-3,7-8,10-11,13H2. The van der Waals surface area contributed by atoms with Gasteiger partial charge in [-0.3, -0.25) is 9.97 Å². The van der Waals surface area contributed by atoms with Crippen LogP contribution in [0.1, 0.15) is 140 Å². The van der Waals surface area contributed by atoms with Crippen LogP contribution in [0.2, 0.25) is 10.0 Å². The van der Waals surface area contributed by atoms with E-state index in [0.29, 0.717) is 17.8 Å². The van der Waals surface area contributed by atoms with Gasteiger partial charge in [0, 0.05) is 85.2 Å². The summed E-state index contributed by atoms with van der Waals surface area (Å²) < 4.78 is 10.2. The normalized spacial score (nSPS) is 19.6. The van der Waals surface area contributed by atoms with Crippen molar-refractivity contribution in [2.45, 2.75) is 114 Å². The van der Waals surface area contributed by atoms with Crippen molar-refractivity contribution in [3.05, 3.63) is 165 Å². The third-order valence-electron chi connectivity index (χ3n) is 15.2. The van der Waals surface area contributed by atoms with Gasteiger partial charge in [0.25, 0.3) is 0 Å². The fourth-order valence-corrected chi connectivity index (χ4v) is 12.1. The molecular weight excluding hydrogens is 900 g/mol. The van der Waals surface area contributed by atoms with Gasteiger partial charge in [0.05, 0.1) is 24.0 Å².